The molecule has 2 aromatic rings. The summed E-state index contributed by atoms with van der Waals surface area (Å²) in [5.74, 6) is 0. The minimum atomic E-state index is 0.751. The van der Waals surface area contributed by atoms with Crippen LogP contribution in [0.15, 0.2) is 24.8 Å². The van der Waals surface area contributed by atoms with Gasteiger partial charge < -0.3 is 10.2 Å². The lowest BCUT2D eigenvalue weighted by atomic mass is 10.4. The van der Waals surface area contributed by atoms with Crippen LogP contribution in [0.5, 0.6) is 0 Å². The van der Waals surface area contributed by atoms with Gasteiger partial charge in [-0.25, -0.2) is 15.0 Å². The Morgan fingerprint density at radius 3 is 2.74 bits per heavy atom. The average Bonchev–Trinajstić information content (AvgIpc) is 2.90. The van der Waals surface area contributed by atoms with Gasteiger partial charge in [-0.2, -0.15) is 0 Å². The van der Waals surface area contributed by atoms with Gasteiger partial charge in [-0.3, -0.25) is 0 Å². The molecule has 0 aliphatic heterocycles. The lowest BCUT2D eigenvalue weighted by Crippen LogP contribution is -2.21. The predicted octanol–water partition coefficient (Wildman–Crippen LogP) is 2.07. The van der Waals surface area contributed by atoms with Gasteiger partial charge in [0, 0.05) is 43.4 Å². The summed E-state index contributed by atoms with van der Waals surface area (Å²) >= 11 is 1.74. The minimum Gasteiger partial charge on any atom is -0.349 e. The Labute approximate surface area is 117 Å². The van der Waals surface area contributed by atoms with Gasteiger partial charge in [0.1, 0.15) is 6.33 Å². The quantitative estimate of drug-likeness (QED) is 0.839. The van der Waals surface area contributed by atoms with Crippen LogP contribution in [0.3, 0.4) is 0 Å². The lowest BCUT2D eigenvalue weighted by Gasteiger charge is -2.16. The monoisotopic (exact) mass is 277 g/mol. The van der Waals surface area contributed by atoms with Gasteiger partial charge in [0.15, 0.2) is 5.13 Å². The van der Waals surface area contributed by atoms with Crippen molar-refractivity contribution in [1.82, 2.24) is 20.3 Å². The number of hydrogen-bond acceptors (Lipinski definition) is 6. The average molecular weight is 277 g/mol. The maximum absolute atomic E-state index is 4.46. The van der Waals surface area contributed by atoms with Gasteiger partial charge in [-0.1, -0.05) is 0 Å². The van der Waals surface area contributed by atoms with Crippen molar-refractivity contribution in [3.05, 3.63) is 35.4 Å². The number of hydrogen-bond donors (Lipinski definition) is 1. The number of thiazole rings is 1. The molecule has 0 unspecified atom stereocenters. The maximum Gasteiger partial charge on any atom is 0.185 e. The van der Waals surface area contributed by atoms with Crippen LogP contribution in [0.25, 0.3) is 0 Å². The SMILES string of the molecule is CCN(CC)c1ncc(CNCc2ccncn2)s1. The highest BCUT2D eigenvalue weighted by atomic mass is 32.1. The molecule has 0 radical (unpaired) electrons. The number of aromatic nitrogens is 3. The first-order valence-corrected chi connectivity index (χ1v) is 7.30. The molecule has 6 heteroatoms. The van der Waals surface area contributed by atoms with Crippen LogP contribution in [-0.2, 0) is 13.1 Å². The summed E-state index contributed by atoms with van der Waals surface area (Å²) in [6.45, 7) is 7.87. The smallest absolute Gasteiger partial charge is 0.185 e. The molecule has 0 fully saturated rings. The van der Waals surface area contributed by atoms with Crippen LogP contribution in [0.1, 0.15) is 24.4 Å². The fourth-order valence-electron chi connectivity index (χ4n) is 1.76. The van der Waals surface area contributed by atoms with Crippen molar-refractivity contribution in [1.29, 1.82) is 0 Å². The summed E-state index contributed by atoms with van der Waals surface area (Å²) in [6, 6.07) is 1.92. The van der Waals surface area contributed by atoms with E-state index in [0.29, 0.717) is 0 Å². The van der Waals surface area contributed by atoms with Gasteiger partial charge in [0.05, 0.1) is 5.69 Å². The summed E-state index contributed by atoms with van der Waals surface area (Å²) in [5.41, 5.74) is 1.00. The Balaban J connectivity index is 1.83. The predicted molar refractivity (Wildman–Crippen MR) is 78.3 cm³/mol. The molecule has 0 aliphatic carbocycles. The molecule has 2 rings (SSSR count). The molecule has 2 aromatic heterocycles. The van der Waals surface area contributed by atoms with Crippen molar-refractivity contribution in [3.8, 4) is 0 Å². The highest BCUT2D eigenvalue weighted by Crippen LogP contribution is 2.21. The number of nitrogens with zero attached hydrogens (tertiary/aromatic N) is 4. The second-order valence-corrected chi connectivity index (χ2v) is 5.18. The first kappa shape index (κ1) is 13.9. The van der Waals surface area contributed by atoms with Gasteiger partial charge >= 0.3 is 0 Å². The van der Waals surface area contributed by atoms with E-state index in [4.69, 9.17) is 0 Å². The third kappa shape index (κ3) is 3.97. The Bertz CT molecular complexity index is 481. The highest BCUT2D eigenvalue weighted by Gasteiger charge is 2.07. The topological polar surface area (TPSA) is 53.9 Å². The van der Waals surface area contributed by atoms with Crippen LogP contribution >= 0.6 is 11.3 Å². The van der Waals surface area contributed by atoms with Crippen LogP contribution in [0.4, 0.5) is 5.13 Å². The minimum absolute atomic E-state index is 0.751. The van der Waals surface area contributed by atoms with Gasteiger partial charge in [0.25, 0.3) is 0 Å². The number of nitrogens with one attached hydrogen (secondary N) is 1. The van der Waals surface area contributed by atoms with Gasteiger partial charge in [0.2, 0.25) is 0 Å². The van der Waals surface area contributed by atoms with E-state index in [1.54, 1.807) is 23.9 Å². The molecule has 102 valence electrons. The summed E-state index contributed by atoms with van der Waals surface area (Å²) in [4.78, 5) is 16.0. The molecule has 19 heavy (non-hydrogen) atoms. The summed E-state index contributed by atoms with van der Waals surface area (Å²) in [7, 11) is 0. The molecule has 0 atom stereocenters. The van der Waals surface area contributed by atoms with Crippen LogP contribution in [0, 0.1) is 0 Å². The molecule has 1 N–H and O–H groups in total. The second kappa shape index (κ2) is 7.16. The Morgan fingerprint density at radius 1 is 1.21 bits per heavy atom. The van der Waals surface area contributed by atoms with Crippen molar-refractivity contribution in [2.45, 2.75) is 26.9 Å². The van der Waals surface area contributed by atoms with Crippen molar-refractivity contribution in [2.75, 3.05) is 18.0 Å². The molecule has 0 spiro atoms. The van der Waals surface area contributed by atoms with E-state index in [0.717, 1.165) is 37.0 Å². The molecule has 2 heterocycles. The van der Waals surface area contributed by atoms with Crippen LogP contribution in [-0.4, -0.2) is 28.0 Å². The van der Waals surface area contributed by atoms with E-state index in [1.807, 2.05) is 12.3 Å². The Kier molecular flexibility index (Phi) is 5.23. The number of anilines is 1. The van der Waals surface area contributed by atoms with Gasteiger partial charge in [-0.15, -0.1) is 11.3 Å². The normalized spacial score (nSPS) is 10.6. The van der Waals surface area contributed by atoms with E-state index in [1.165, 1.54) is 4.88 Å². The molecule has 0 bridgehead atoms. The molecule has 0 saturated heterocycles. The van der Waals surface area contributed by atoms with E-state index >= 15 is 0 Å². The molecular formula is C13H19N5S. The summed E-state index contributed by atoms with van der Waals surface area (Å²) in [5, 5.41) is 4.47. The van der Waals surface area contributed by atoms with E-state index in [2.05, 4.69) is 39.0 Å². The fourth-order valence-corrected chi connectivity index (χ4v) is 2.76. The molecule has 0 aliphatic rings. The van der Waals surface area contributed by atoms with Gasteiger partial charge in [-0.05, 0) is 19.9 Å². The van der Waals surface area contributed by atoms with Crippen molar-refractivity contribution in [2.24, 2.45) is 0 Å². The second-order valence-electron chi connectivity index (χ2n) is 4.09. The first-order chi connectivity index (χ1) is 9.33. The van der Waals surface area contributed by atoms with Crippen molar-refractivity contribution < 1.29 is 0 Å². The largest absolute Gasteiger partial charge is 0.349 e. The molecule has 0 amide bonds. The number of rotatable bonds is 7. The van der Waals surface area contributed by atoms with E-state index in [-0.39, 0.29) is 0 Å². The standard InChI is InChI=1S/C13H19N5S/c1-3-18(4-2)13-16-9-12(19-13)8-15-7-11-5-6-14-10-17-11/h5-6,9-10,15H,3-4,7-8H2,1-2H3. The van der Waals surface area contributed by atoms with Crippen LogP contribution < -0.4 is 10.2 Å². The Morgan fingerprint density at radius 2 is 2.05 bits per heavy atom. The third-order valence-electron chi connectivity index (χ3n) is 2.82. The van der Waals surface area contributed by atoms with E-state index in [9.17, 15) is 0 Å². The highest BCUT2D eigenvalue weighted by molar-refractivity contribution is 7.15. The third-order valence-corrected chi connectivity index (χ3v) is 3.88. The van der Waals surface area contributed by atoms with Crippen molar-refractivity contribution >= 4 is 16.5 Å². The summed E-state index contributed by atoms with van der Waals surface area (Å²) < 4.78 is 0. The molecule has 0 aromatic carbocycles. The van der Waals surface area contributed by atoms with Crippen molar-refractivity contribution in [3.63, 3.8) is 0 Å². The zero-order valence-electron chi connectivity index (χ0n) is 11.3. The zero-order chi connectivity index (χ0) is 13.5. The lowest BCUT2D eigenvalue weighted by molar-refractivity contribution is 0.683. The maximum atomic E-state index is 4.46. The first-order valence-electron chi connectivity index (χ1n) is 6.48. The molecule has 0 saturated carbocycles. The van der Waals surface area contributed by atoms with E-state index < -0.39 is 0 Å². The molecule has 5 nitrogen and oxygen atoms in total. The van der Waals surface area contributed by atoms with Crippen LogP contribution in [0.2, 0.25) is 0 Å². The Hall–Kier alpha value is -1.53. The summed E-state index contributed by atoms with van der Waals surface area (Å²) in [6.07, 6.45) is 5.28. The zero-order valence-corrected chi connectivity index (χ0v) is 12.2. The fraction of sp³-hybridized carbons (Fsp3) is 0.462. The molecular weight excluding hydrogens is 258 g/mol.